The van der Waals surface area contributed by atoms with Gasteiger partial charge in [-0.3, -0.25) is 4.79 Å². The average molecular weight is 340 g/mol. The molecule has 1 amide bonds. The van der Waals surface area contributed by atoms with Gasteiger partial charge < -0.3 is 9.64 Å². The molecule has 3 nitrogen and oxygen atoms in total. The number of methoxy groups -OCH3 is 1. The summed E-state index contributed by atoms with van der Waals surface area (Å²) in [4.78, 5) is 14.7. The fourth-order valence-electron chi connectivity index (χ4n) is 2.90. The summed E-state index contributed by atoms with van der Waals surface area (Å²) < 4.78 is 6.04. The highest BCUT2D eigenvalue weighted by molar-refractivity contribution is 9.10. The molecule has 1 aliphatic rings. The van der Waals surface area contributed by atoms with Crippen LogP contribution in [0.5, 0.6) is 5.75 Å². The van der Waals surface area contributed by atoms with Gasteiger partial charge in [-0.05, 0) is 58.8 Å². The first-order valence-electron chi connectivity index (χ1n) is 7.18. The molecule has 0 aromatic heterocycles. The van der Waals surface area contributed by atoms with E-state index >= 15 is 0 Å². The third-order valence-corrected chi connectivity index (χ3v) is 5.32. The van der Waals surface area contributed by atoms with E-state index in [1.165, 1.54) is 0 Å². The molecule has 20 heavy (non-hydrogen) atoms. The van der Waals surface area contributed by atoms with Crippen molar-refractivity contribution < 1.29 is 9.53 Å². The first-order chi connectivity index (χ1) is 9.55. The maximum absolute atomic E-state index is 12.7. The molecule has 0 bridgehead atoms. The zero-order valence-corrected chi connectivity index (χ0v) is 14.0. The molecule has 0 spiro atoms. The number of carbonyl (C=O) groups is 1. The SMILES string of the molecule is CCC1(CC)CCN(C(=O)c2cc(OC)ccc2Br)C1. The first-order valence-corrected chi connectivity index (χ1v) is 7.97. The Morgan fingerprint density at radius 1 is 1.40 bits per heavy atom. The Labute approximate surface area is 129 Å². The number of carbonyl (C=O) groups excluding carboxylic acids is 1. The summed E-state index contributed by atoms with van der Waals surface area (Å²) in [5, 5.41) is 0. The molecule has 0 saturated carbocycles. The third kappa shape index (κ3) is 2.85. The lowest BCUT2D eigenvalue weighted by Gasteiger charge is -2.26. The second-order valence-electron chi connectivity index (χ2n) is 5.53. The zero-order valence-electron chi connectivity index (χ0n) is 12.4. The van der Waals surface area contributed by atoms with E-state index in [0.29, 0.717) is 16.7 Å². The lowest BCUT2D eigenvalue weighted by molar-refractivity contribution is 0.0768. The lowest BCUT2D eigenvalue weighted by Crippen LogP contribution is -2.32. The topological polar surface area (TPSA) is 29.5 Å². The van der Waals surface area contributed by atoms with Crippen molar-refractivity contribution in [2.45, 2.75) is 33.1 Å². The second-order valence-corrected chi connectivity index (χ2v) is 6.38. The molecule has 0 atom stereocenters. The van der Waals surface area contributed by atoms with Gasteiger partial charge in [0.2, 0.25) is 0 Å². The fraction of sp³-hybridized carbons (Fsp3) is 0.562. The maximum Gasteiger partial charge on any atom is 0.255 e. The van der Waals surface area contributed by atoms with Crippen molar-refractivity contribution in [1.82, 2.24) is 4.90 Å². The summed E-state index contributed by atoms with van der Waals surface area (Å²) in [5.74, 6) is 0.813. The van der Waals surface area contributed by atoms with Crippen LogP contribution in [0.2, 0.25) is 0 Å². The Morgan fingerprint density at radius 2 is 2.10 bits per heavy atom. The van der Waals surface area contributed by atoms with E-state index in [0.717, 1.165) is 36.8 Å². The smallest absolute Gasteiger partial charge is 0.255 e. The number of rotatable bonds is 4. The van der Waals surface area contributed by atoms with Crippen LogP contribution < -0.4 is 4.74 Å². The van der Waals surface area contributed by atoms with Gasteiger partial charge >= 0.3 is 0 Å². The van der Waals surface area contributed by atoms with Crippen LogP contribution >= 0.6 is 15.9 Å². The molecule has 4 heteroatoms. The van der Waals surface area contributed by atoms with E-state index in [-0.39, 0.29) is 5.91 Å². The number of halogens is 1. The van der Waals surface area contributed by atoms with E-state index in [2.05, 4.69) is 29.8 Å². The van der Waals surface area contributed by atoms with Crippen LogP contribution in [0.4, 0.5) is 0 Å². The molecule has 1 aromatic rings. The summed E-state index contributed by atoms with van der Waals surface area (Å²) >= 11 is 3.47. The highest BCUT2D eigenvalue weighted by Gasteiger charge is 2.37. The molecule has 1 aromatic carbocycles. The summed E-state index contributed by atoms with van der Waals surface area (Å²) in [6.07, 6.45) is 3.37. The van der Waals surface area contributed by atoms with E-state index in [1.807, 2.05) is 23.1 Å². The van der Waals surface area contributed by atoms with Crippen LogP contribution in [0.25, 0.3) is 0 Å². The predicted molar refractivity (Wildman–Crippen MR) is 84.2 cm³/mol. The molecule has 0 unspecified atom stereocenters. The molecule has 1 fully saturated rings. The summed E-state index contributed by atoms with van der Waals surface area (Å²) in [6.45, 7) is 6.16. The Kier molecular flexibility index (Phi) is 4.74. The Morgan fingerprint density at radius 3 is 2.65 bits per heavy atom. The van der Waals surface area contributed by atoms with E-state index in [1.54, 1.807) is 7.11 Å². The fourth-order valence-corrected chi connectivity index (χ4v) is 3.32. The lowest BCUT2D eigenvalue weighted by atomic mass is 9.82. The molecule has 2 rings (SSSR count). The van der Waals surface area contributed by atoms with Crippen molar-refractivity contribution >= 4 is 21.8 Å². The second kappa shape index (κ2) is 6.17. The first kappa shape index (κ1) is 15.4. The number of hydrogen-bond donors (Lipinski definition) is 0. The standard InChI is InChI=1S/C16H22BrNO2/c1-4-16(5-2)8-9-18(11-16)15(19)13-10-12(20-3)6-7-14(13)17/h6-7,10H,4-5,8-9,11H2,1-3H3. The molecule has 1 aliphatic heterocycles. The van der Waals surface area contributed by atoms with Crippen molar-refractivity contribution in [2.24, 2.45) is 5.41 Å². The minimum Gasteiger partial charge on any atom is -0.497 e. The summed E-state index contributed by atoms with van der Waals surface area (Å²) in [7, 11) is 1.62. The predicted octanol–water partition coefficient (Wildman–Crippen LogP) is 4.11. The van der Waals surface area contributed by atoms with Crippen LogP contribution in [-0.4, -0.2) is 31.0 Å². The Bertz CT molecular complexity index is 497. The van der Waals surface area contributed by atoms with Gasteiger partial charge in [-0.1, -0.05) is 13.8 Å². The van der Waals surface area contributed by atoms with Gasteiger partial charge in [-0.2, -0.15) is 0 Å². The third-order valence-electron chi connectivity index (χ3n) is 4.63. The van der Waals surface area contributed by atoms with Crippen LogP contribution in [0.15, 0.2) is 22.7 Å². The van der Waals surface area contributed by atoms with Gasteiger partial charge in [0.05, 0.1) is 12.7 Å². The monoisotopic (exact) mass is 339 g/mol. The van der Waals surface area contributed by atoms with Crippen LogP contribution in [0.3, 0.4) is 0 Å². The molecule has 110 valence electrons. The van der Waals surface area contributed by atoms with E-state index in [9.17, 15) is 4.79 Å². The normalized spacial score (nSPS) is 17.3. The number of likely N-dealkylation sites (tertiary alicyclic amines) is 1. The molecule has 0 radical (unpaired) electrons. The molecular formula is C16H22BrNO2. The summed E-state index contributed by atoms with van der Waals surface area (Å²) in [5.41, 5.74) is 0.994. The van der Waals surface area contributed by atoms with Gasteiger partial charge in [-0.25, -0.2) is 0 Å². The van der Waals surface area contributed by atoms with Gasteiger partial charge in [0.25, 0.3) is 5.91 Å². The molecular weight excluding hydrogens is 318 g/mol. The molecule has 0 aliphatic carbocycles. The quantitative estimate of drug-likeness (QED) is 0.826. The number of hydrogen-bond acceptors (Lipinski definition) is 2. The van der Waals surface area contributed by atoms with Gasteiger partial charge in [0.1, 0.15) is 5.75 Å². The van der Waals surface area contributed by atoms with E-state index in [4.69, 9.17) is 4.74 Å². The van der Waals surface area contributed by atoms with Gasteiger partial charge in [-0.15, -0.1) is 0 Å². The highest BCUT2D eigenvalue weighted by Crippen LogP contribution is 2.38. The minimum absolute atomic E-state index is 0.0968. The minimum atomic E-state index is 0.0968. The number of amides is 1. The van der Waals surface area contributed by atoms with Crippen molar-refractivity contribution in [3.63, 3.8) is 0 Å². The number of nitrogens with zero attached hydrogens (tertiary/aromatic N) is 1. The van der Waals surface area contributed by atoms with Crippen molar-refractivity contribution in [2.75, 3.05) is 20.2 Å². The van der Waals surface area contributed by atoms with Gasteiger partial charge in [0, 0.05) is 17.6 Å². The molecule has 1 heterocycles. The van der Waals surface area contributed by atoms with Crippen LogP contribution in [0, 0.1) is 5.41 Å². The largest absolute Gasteiger partial charge is 0.497 e. The molecule has 0 N–H and O–H groups in total. The Hall–Kier alpha value is -1.03. The zero-order chi connectivity index (χ0) is 14.8. The van der Waals surface area contributed by atoms with Crippen molar-refractivity contribution in [3.8, 4) is 5.75 Å². The maximum atomic E-state index is 12.7. The number of ether oxygens (including phenoxy) is 1. The average Bonchev–Trinajstić information content (AvgIpc) is 2.92. The Balaban J connectivity index is 2.21. The van der Waals surface area contributed by atoms with Gasteiger partial charge in [0.15, 0.2) is 0 Å². The number of benzene rings is 1. The van der Waals surface area contributed by atoms with E-state index < -0.39 is 0 Å². The van der Waals surface area contributed by atoms with Crippen molar-refractivity contribution in [3.05, 3.63) is 28.2 Å². The van der Waals surface area contributed by atoms with Crippen molar-refractivity contribution in [1.29, 1.82) is 0 Å². The highest BCUT2D eigenvalue weighted by atomic mass is 79.9. The summed E-state index contributed by atoms with van der Waals surface area (Å²) in [6, 6.07) is 5.53. The molecule has 1 saturated heterocycles. The van der Waals surface area contributed by atoms with Crippen LogP contribution in [0.1, 0.15) is 43.5 Å². The van der Waals surface area contributed by atoms with Crippen LogP contribution in [-0.2, 0) is 0 Å².